The molecule has 2 heterocycles. The number of hydrogen-bond donors (Lipinski definition) is 3. The molecule has 1 amide bonds. The molecule has 1 aromatic heterocycles. The normalized spacial score (nSPS) is 18.9. The van der Waals surface area contributed by atoms with Crippen LogP contribution in [0.5, 0.6) is 0 Å². The van der Waals surface area contributed by atoms with Gasteiger partial charge in [0.2, 0.25) is 5.91 Å². The fourth-order valence-electron chi connectivity index (χ4n) is 2.04. The molecule has 0 radical (unpaired) electrons. The van der Waals surface area contributed by atoms with Crippen LogP contribution in [0.25, 0.3) is 0 Å². The van der Waals surface area contributed by atoms with Crippen LogP contribution in [0.3, 0.4) is 0 Å². The molecule has 0 saturated carbocycles. The first-order valence-corrected chi connectivity index (χ1v) is 7.99. The Kier molecular flexibility index (Phi) is 4.56. The molecule has 1 aliphatic rings. The van der Waals surface area contributed by atoms with E-state index in [1.807, 2.05) is 6.92 Å². The maximum Gasteiger partial charge on any atom is 0.260 e. The molecule has 1 aliphatic heterocycles. The number of nitrogens with zero attached hydrogens (tertiary/aromatic N) is 1. The summed E-state index contributed by atoms with van der Waals surface area (Å²) in [5, 5.41) is 5.66. The second kappa shape index (κ2) is 6.19. The second-order valence-electron chi connectivity index (χ2n) is 4.54. The molecule has 1 atom stereocenters. The largest absolute Gasteiger partial charge is 0.383 e. The smallest absolute Gasteiger partial charge is 0.260 e. The van der Waals surface area contributed by atoms with Crippen molar-refractivity contribution in [1.82, 2.24) is 15.0 Å². The number of carbonyl (C=O) groups is 1. The Bertz CT molecular complexity index is 588. The first kappa shape index (κ1) is 14.7. The number of amides is 1. The number of anilines is 1. The van der Waals surface area contributed by atoms with E-state index in [1.165, 1.54) is 6.20 Å². The van der Waals surface area contributed by atoms with E-state index in [9.17, 15) is 13.2 Å². The fourth-order valence-corrected chi connectivity index (χ4v) is 3.23. The SMILES string of the molecule is CCNc1cccnc1S(=O)(=O)NCC1CCC(=O)N1. The van der Waals surface area contributed by atoms with Crippen molar-refractivity contribution in [1.29, 1.82) is 0 Å². The Balaban J connectivity index is 2.08. The van der Waals surface area contributed by atoms with Gasteiger partial charge in [0, 0.05) is 31.7 Å². The zero-order chi connectivity index (χ0) is 14.6. The highest BCUT2D eigenvalue weighted by Gasteiger charge is 2.25. The first-order chi connectivity index (χ1) is 9.53. The summed E-state index contributed by atoms with van der Waals surface area (Å²) in [7, 11) is -3.69. The second-order valence-corrected chi connectivity index (χ2v) is 6.22. The van der Waals surface area contributed by atoms with Gasteiger partial charge in [-0.05, 0) is 25.5 Å². The van der Waals surface area contributed by atoms with Gasteiger partial charge >= 0.3 is 0 Å². The number of aromatic nitrogens is 1. The van der Waals surface area contributed by atoms with Crippen molar-refractivity contribution >= 4 is 21.6 Å². The molecular weight excluding hydrogens is 280 g/mol. The minimum Gasteiger partial charge on any atom is -0.383 e. The van der Waals surface area contributed by atoms with Crippen LogP contribution in [0.4, 0.5) is 5.69 Å². The lowest BCUT2D eigenvalue weighted by Crippen LogP contribution is -2.38. The van der Waals surface area contributed by atoms with E-state index >= 15 is 0 Å². The summed E-state index contributed by atoms with van der Waals surface area (Å²) in [6, 6.07) is 3.19. The summed E-state index contributed by atoms with van der Waals surface area (Å²) >= 11 is 0. The number of hydrogen-bond acceptors (Lipinski definition) is 5. The molecule has 1 unspecified atom stereocenters. The van der Waals surface area contributed by atoms with Crippen LogP contribution in [0, 0.1) is 0 Å². The molecular formula is C12H18N4O3S. The quantitative estimate of drug-likeness (QED) is 0.690. The number of carbonyl (C=O) groups excluding carboxylic acids is 1. The Hall–Kier alpha value is -1.67. The molecule has 7 nitrogen and oxygen atoms in total. The van der Waals surface area contributed by atoms with Crippen molar-refractivity contribution < 1.29 is 13.2 Å². The maximum absolute atomic E-state index is 12.2. The molecule has 3 N–H and O–H groups in total. The number of rotatable bonds is 6. The molecule has 1 saturated heterocycles. The van der Waals surface area contributed by atoms with Gasteiger partial charge in [0.15, 0.2) is 5.03 Å². The molecule has 0 spiro atoms. The van der Waals surface area contributed by atoms with E-state index in [2.05, 4.69) is 20.3 Å². The molecule has 0 bridgehead atoms. The van der Waals surface area contributed by atoms with E-state index in [4.69, 9.17) is 0 Å². The van der Waals surface area contributed by atoms with Gasteiger partial charge < -0.3 is 10.6 Å². The van der Waals surface area contributed by atoms with Gasteiger partial charge in [0.05, 0.1) is 5.69 Å². The minimum absolute atomic E-state index is 0.0221. The molecule has 20 heavy (non-hydrogen) atoms. The topological polar surface area (TPSA) is 100 Å². The highest BCUT2D eigenvalue weighted by atomic mass is 32.2. The van der Waals surface area contributed by atoms with Gasteiger partial charge in [0.1, 0.15) is 0 Å². The van der Waals surface area contributed by atoms with Gasteiger partial charge in [-0.15, -0.1) is 0 Å². The number of sulfonamides is 1. The van der Waals surface area contributed by atoms with Gasteiger partial charge in [-0.25, -0.2) is 18.1 Å². The standard InChI is InChI=1S/C12H18N4O3S/c1-2-13-10-4-3-7-14-12(10)20(18,19)15-8-9-5-6-11(17)16-9/h3-4,7,9,13,15H,2,5-6,8H2,1H3,(H,16,17). The van der Waals surface area contributed by atoms with E-state index in [0.717, 1.165) is 0 Å². The summed E-state index contributed by atoms with van der Waals surface area (Å²) in [6.45, 7) is 2.66. The zero-order valence-corrected chi connectivity index (χ0v) is 12.0. The van der Waals surface area contributed by atoms with Crippen molar-refractivity contribution in [3.05, 3.63) is 18.3 Å². The monoisotopic (exact) mass is 298 g/mol. The average molecular weight is 298 g/mol. The van der Waals surface area contributed by atoms with Gasteiger partial charge in [-0.1, -0.05) is 0 Å². The maximum atomic E-state index is 12.2. The summed E-state index contributed by atoms with van der Waals surface area (Å²) in [6.07, 6.45) is 2.52. The predicted octanol–water partition coefficient (Wildman–Crippen LogP) is 0.0703. The van der Waals surface area contributed by atoms with E-state index in [-0.39, 0.29) is 23.5 Å². The Morgan fingerprint density at radius 1 is 1.50 bits per heavy atom. The zero-order valence-electron chi connectivity index (χ0n) is 11.2. The van der Waals surface area contributed by atoms with Crippen molar-refractivity contribution in [3.63, 3.8) is 0 Å². The minimum atomic E-state index is -3.69. The molecule has 2 rings (SSSR count). The molecule has 1 aromatic rings. The third kappa shape index (κ3) is 3.45. The van der Waals surface area contributed by atoms with E-state index < -0.39 is 10.0 Å². The summed E-state index contributed by atoms with van der Waals surface area (Å²) in [4.78, 5) is 15.0. The Morgan fingerprint density at radius 3 is 2.95 bits per heavy atom. The van der Waals surface area contributed by atoms with Crippen LogP contribution < -0.4 is 15.4 Å². The molecule has 0 aromatic carbocycles. The van der Waals surface area contributed by atoms with E-state index in [1.54, 1.807) is 12.1 Å². The van der Waals surface area contributed by atoms with Gasteiger partial charge in [-0.3, -0.25) is 4.79 Å². The number of pyridine rings is 1. The predicted molar refractivity (Wildman–Crippen MR) is 74.8 cm³/mol. The average Bonchev–Trinajstić information content (AvgIpc) is 2.83. The van der Waals surface area contributed by atoms with Crippen LogP contribution in [0.1, 0.15) is 19.8 Å². The van der Waals surface area contributed by atoms with Gasteiger partial charge in [0.25, 0.3) is 10.0 Å². The number of nitrogens with one attached hydrogen (secondary N) is 3. The third-order valence-electron chi connectivity index (χ3n) is 3.00. The van der Waals surface area contributed by atoms with E-state index in [0.29, 0.717) is 25.1 Å². The summed E-state index contributed by atoms with van der Waals surface area (Å²) < 4.78 is 27.0. The van der Waals surface area contributed by atoms with Crippen LogP contribution in [-0.2, 0) is 14.8 Å². The molecule has 110 valence electrons. The Morgan fingerprint density at radius 2 is 2.30 bits per heavy atom. The molecule has 1 fully saturated rings. The lowest BCUT2D eigenvalue weighted by atomic mass is 10.2. The van der Waals surface area contributed by atoms with Crippen LogP contribution in [-0.4, -0.2) is 38.4 Å². The highest BCUT2D eigenvalue weighted by Crippen LogP contribution is 2.17. The van der Waals surface area contributed by atoms with Crippen molar-refractivity contribution in [2.45, 2.75) is 30.8 Å². The Labute approximate surface area is 118 Å². The van der Waals surface area contributed by atoms with Crippen LogP contribution in [0.15, 0.2) is 23.4 Å². The lowest BCUT2D eigenvalue weighted by molar-refractivity contribution is -0.119. The highest BCUT2D eigenvalue weighted by molar-refractivity contribution is 7.89. The van der Waals surface area contributed by atoms with Crippen LogP contribution >= 0.6 is 0 Å². The van der Waals surface area contributed by atoms with Gasteiger partial charge in [-0.2, -0.15) is 0 Å². The third-order valence-corrected chi connectivity index (χ3v) is 4.38. The fraction of sp³-hybridized carbons (Fsp3) is 0.500. The van der Waals surface area contributed by atoms with Crippen molar-refractivity contribution in [2.75, 3.05) is 18.4 Å². The first-order valence-electron chi connectivity index (χ1n) is 6.51. The molecule has 8 heteroatoms. The summed E-state index contributed by atoms with van der Waals surface area (Å²) in [5.74, 6) is -0.0413. The van der Waals surface area contributed by atoms with Crippen LogP contribution in [0.2, 0.25) is 0 Å². The summed E-state index contributed by atoms with van der Waals surface area (Å²) in [5.41, 5.74) is 0.470. The van der Waals surface area contributed by atoms with Crippen molar-refractivity contribution in [3.8, 4) is 0 Å². The lowest BCUT2D eigenvalue weighted by Gasteiger charge is -2.13. The molecule has 0 aliphatic carbocycles. The van der Waals surface area contributed by atoms with Crippen molar-refractivity contribution in [2.24, 2.45) is 0 Å².